The van der Waals surface area contributed by atoms with Gasteiger partial charge >= 0.3 is 6.03 Å². The fourth-order valence-electron chi connectivity index (χ4n) is 3.05. The number of nitrogens with one attached hydrogen (secondary N) is 2. The maximum atomic E-state index is 12.2. The Hall–Kier alpha value is -3.03. The van der Waals surface area contributed by atoms with E-state index in [1.165, 1.54) is 12.8 Å². The van der Waals surface area contributed by atoms with Crippen LogP contribution < -0.4 is 25.0 Å². The molecular formula is C19H25N5O3. The highest BCUT2D eigenvalue weighted by molar-refractivity contribution is 5.89. The molecule has 2 aromatic rings. The van der Waals surface area contributed by atoms with Crippen LogP contribution in [0.25, 0.3) is 0 Å². The third-order valence-electron chi connectivity index (χ3n) is 4.37. The fourth-order valence-corrected chi connectivity index (χ4v) is 3.05. The largest absolute Gasteiger partial charge is 0.493 e. The molecule has 0 saturated carbocycles. The van der Waals surface area contributed by atoms with Crippen LogP contribution in [-0.2, 0) is 6.54 Å². The van der Waals surface area contributed by atoms with Crippen LogP contribution in [0.2, 0.25) is 0 Å². The van der Waals surface area contributed by atoms with E-state index in [9.17, 15) is 4.79 Å². The third-order valence-corrected chi connectivity index (χ3v) is 4.37. The van der Waals surface area contributed by atoms with Gasteiger partial charge in [0.15, 0.2) is 11.5 Å². The van der Waals surface area contributed by atoms with Crippen molar-refractivity contribution in [2.45, 2.75) is 26.3 Å². The summed E-state index contributed by atoms with van der Waals surface area (Å²) in [5.41, 5.74) is 1.50. The molecule has 1 saturated heterocycles. The van der Waals surface area contributed by atoms with Crippen LogP contribution in [0, 0.1) is 6.92 Å². The first-order valence-electron chi connectivity index (χ1n) is 8.95. The highest BCUT2D eigenvalue weighted by Crippen LogP contribution is 2.29. The Kier molecular flexibility index (Phi) is 5.95. The van der Waals surface area contributed by atoms with Crippen LogP contribution in [-0.4, -0.2) is 43.3 Å². The van der Waals surface area contributed by atoms with Crippen molar-refractivity contribution < 1.29 is 14.3 Å². The van der Waals surface area contributed by atoms with Crippen molar-refractivity contribution in [2.24, 2.45) is 0 Å². The molecule has 1 fully saturated rings. The van der Waals surface area contributed by atoms with Crippen LogP contribution in [0.15, 0.2) is 24.3 Å². The predicted molar refractivity (Wildman–Crippen MR) is 104 cm³/mol. The number of rotatable bonds is 6. The lowest BCUT2D eigenvalue weighted by molar-refractivity contribution is 0.251. The Balaban J connectivity index is 1.60. The van der Waals surface area contributed by atoms with Gasteiger partial charge in [-0.3, -0.25) is 0 Å². The quantitative estimate of drug-likeness (QED) is 0.812. The number of carbonyl (C=O) groups excluding carboxylic acids is 1. The molecular weight excluding hydrogens is 346 g/mol. The topological polar surface area (TPSA) is 88.6 Å². The third kappa shape index (κ3) is 4.78. The Morgan fingerprint density at radius 1 is 1.11 bits per heavy atom. The van der Waals surface area contributed by atoms with Crippen molar-refractivity contribution in [3.8, 4) is 11.5 Å². The molecule has 8 nitrogen and oxygen atoms in total. The number of methoxy groups -OCH3 is 2. The lowest BCUT2D eigenvalue weighted by Crippen LogP contribution is -2.29. The van der Waals surface area contributed by atoms with Crippen molar-refractivity contribution in [3.05, 3.63) is 35.8 Å². The van der Waals surface area contributed by atoms with Gasteiger partial charge in [-0.25, -0.2) is 14.8 Å². The maximum absolute atomic E-state index is 12.2. The lowest BCUT2D eigenvalue weighted by Gasteiger charge is -2.17. The molecule has 0 aliphatic carbocycles. The van der Waals surface area contributed by atoms with Gasteiger partial charge in [0.1, 0.15) is 11.6 Å². The summed E-state index contributed by atoms with van der Waals surface area (Å²) in [4.78, 5) is 23.5. The summed E-state index contributed by atoms with van der Waals surface area (Å²) in [6, 6.07) is 6.83. The van der Waals surface area contributed by atoms with E-state index >= 15 is 0 Å². The lowest BCUT2D eigenvalue weighted by atomic mass is 10.3. The number of nitrogens with zero attached hydrogens (tertiary/aromatic N) is 3. The summed E-state index contributed by atoms with van der Waals surface area (Å²) in [7, 11) is 3.12. The Morgan fingerprint density at radius 3 is 2.56 bits per heavy atom. The molecule has 8 heteroatoms. The number of ether oxygens (including phenoxy) is 2. The van der Waals surface area contributed by atoms with Crippen LogP contribution in [0.3, 0.4) is 0 Å². The van der Waals surface area contributed by atoms with Gasteiger partial charge in [-0.05, 0) is 31.9 Å². The number of benzene rings is 1. The summed E-state index contributed by atoms with van der Waals surface area (Å²) in [5.74, 6) is 2.68. The number of hydrogen-bond acceptors (Lipinski definition) is 6. The van der Waals surface area contributed by atoms with Gasteiger partial charge in [0.05, 0.1) is 20.8 Å². The number of amides is 2. The van der Waals surface area contributed by atoms with Gasteiger partial charge < -0.3 is 25.0 Å². The van der Waals surface area contributed by atoms with E-state index in [-0.39, 0.29) is 12.6 Å². The van der Waals surface area contributed by atoms with Gasteiger partial charge in [0.2, 0.25) is 0 Å². The average molecular weight is 371 g/mol. The first-order valence-corrected chi connectivity index (χ1v) is 8.95. The van der Waals surface area contributed by atoms with Crippen molar-refractivity contribution in [2.75, 3.05) is 37.5 Å². The second kappa shape index (κ2) is 8.57. The van der Waals surface area contributed by atoms with Crippen LogP contribution in [0.5, 0.6) is 11.5 Å². The smallest absolute Gasteiger partial charge is 0.319 e. The maximum Gasteiger partial charge on any atom is 0.319 e. The van der Waals surface area contributed by atoms with E-state index in [1.807, 2.05) is 13.0 Å². The molecule has 2 N–H and O–H groups in total. The highest BCUT2D eigenvalue weighted by atomic mass is 16.5. The molecule has 1 aliphatic heterocycles. The van der Waals surface area contributed by atoms with Crippen LogP contribution >= 0.6 is 0 Å². The van der Waals surface area contributed by atoms with Gasteiger partial charge in [-0.2, -0.15) is 0 Å². The molecule has 0 spiro atoms. The molecule has 0 bridgehead atoms. The number of carbonyl (C=O) groups is 1. The molecule has 1 aromatic carbocycles. The molecule has 27 heavy (non-hydrogen) atoms. The summed E-state index contributed by atoms with van der Waals surface area (Å²) in [6.07, 6.45) is 2.37. The van der Waals surface area contributed by atoms with Crippen molar-refractivity contribution in [3.63, 3.8) is 0 Å². The summed E-state index contributed by atoms with van der Waals surface area (Å²) < 4.78 is 10.4. The van der Waals surface area contributed by atoms with E-state index in [4.69, 9.17) is 9.47 Å². The second-order valence-corrected chi connectivity index (χ2v) is 6.36. The zero-order valence-electron chi connectivity index (χ0n) is 15.9. The predicted octanol–water partition coefficient (Wildman–Crippen LogP) is 2.72. The summed E-state index contributed by atoms with van der Waals surface area (Å²) in [6.45, 7) is 4.22. The molecule has 2 amide bonds. The Bertz CT molecular complexity index is 806. The van der Waals surface area contributed by atoms with E-state index < -0.39 is 0 Å². The second-order valence-electron chi connectivity index (χ2n) is 6.36. The normalized spacial score (nSPS) is 13.4. The van der Waals surface area contributed by atoms with Gasteiger partial charge in [-0.15, -0.1) is 0 Å². The Morgan fingerprint density at radius 2 is 1.85 bits per heavy atom. The fraction of sp³-hybridized carbons (Fsp3) is 0.421. The van der Waals surface area contributed by atoms with Crippen molar-refractivity contribution in [1.82, 2.24) is 15.3 Å². The zero-order valence-corrected chi connectivity index (χ0v) is 15.9. The molecule has 2 heterocycles. The standard InChI is InChI=1S/C19H25N5O3/c1-13-10-18(24-8-4-5-9-24)23-17(21-13)12-20-19(25)22-14-6-7-15(26-2)16(11-14)27-3/h6-7,10-11H,4-5,8-9,12H2,1-3H3,(H2,20,22,25). The molecule has 1 aliphatic rings. The average Bonchev–Trinajstić information content (AvgIpc) is 3.21. The minimum absolute atomic E-state index is 0.252. The van der Waals surface area contributed by atoms with E-state index in [2.05, 4.69) is 25.5 Å². The molecule has 0 unspecified atom stereocenters. The monoisotopic (exact) mass is 371 g/mol. The molecule has 0 radical (unpaired) electrons. The molecule has 0 atom stereocenters. The molecule has 144 valence electrons. The van der Waals surface area contributed by atoms with Crippen LogP contribution in [0.4, 0.5) is 16.3 Å². The van der Waals surface area contributed by atoms with Crippen molar-refractivity contribution >= 4 is 17.5 Å². The zero-order chi connectivity index (χ0) is 19.2. The Labute approximate surface area is 158 Å². The minimum Gasteiger partial charge on any atom is -0.493 e. The number of hydrogen-bond donors (Lipinski definition) is 2. The first kappa shape index (κ1) is 18.8. The summed E-state index contributed by atoms with van der Waals surface area (Å²) >= 11 is 0. The van der Waals surface area contributed by atoms with E-state index in [0.717, 1.165) is 24.6 Å². The highest BCUT2D eigenvalue weighted by Gasteiger charge is 2.15. The van der Waals surface area contributed by atoms with Gasteiger partial charge in [-0.1, -0.05) is 0 Å². The SMILES string of the molecule is COc1ccc(NC(=O)NCc2nc(C)cc(N3CCCC3)n2)cc1OC. The summed E-state index contributed by atoms with van der Waals surface area (Å²) in [5, 5.41) is 5.56. The number of aromatic nitrogens is 2. The van der Waals surface area contributed by atoms with Gasteiger partial charge in [0, 0.05) is 36.6 Å². The van der Waals surface area contributed by atoms with Crippen molar-refractivity contribution in [1.29, 1.82) is 0 Å². The van der Waals surface area contributed by atoms with E-state index in [1.54, 1.807) is 32.4 Å². The number of urea groups is 1. The molecule has 3 rings (SSSR count). The van der Waals surface area contributed by atoms with Crippen LogP contribution in [0.1, 0.15) is 24.4 Å². The molecule has 1 aromatic heterocycles. The van der Waals surface area contributed by atoms with E-state index in [0.29, 0.717) is 23.0 Å². The number of anilines is 2. The first-order chi connectivity index (χ1) is 13.1. The number of aryl methyl sites for hydroxylation is 1. The van der Waals surface area contributed by atoms with Gasteiger partial charge in [0.25, 0.3) is 0 Å². The minimum atomic E-state index is -0.338.